The summed E-state index contributed by atoms with van der Waals surface area (Å²) in [6.07, 6.45) is 0.197. The molecule has 6 nitrogen and oxygen atoms in total. The van der Waals surface area contributed by atoms with E-state index in [0.717, 1.165) is 5.56 Å². The summed E-state index contributed by atoms with van der Waals surface area (Å²) >= 11 is 0. The normalized spacial score (nSPS) is 17.1. The van der Waals surface area contributed by atoms with Crippen molar-refractivity contribution in [3.05, 3.63) is 65.7 Å². The van der Waals surface area contributed by atoms with Crippen LogP contribution in [0.4, 0.5) is 5.69 Å². The van der Waals surface area contributed by atoms with Gasteiger partial charge in [0.1, 0.15) is 0 Å². The van der Waals surface area contributed by atoms with Crippen LogP contribution in [0, 0.1) is 11.8 Å². The minimum atomic E-state index is -0.403. The van der Waals surface area contributed by atoms with Crippen LogP contribution in [0.25, 0.3) is 0 Å². The average Bonchev–Trinajstić information content (AvgIpc) is 3.14. The minimum Gasteiger partial charge on any atom is -0.462 e. The van der Waals surface area contributed by atoms with E-state index in [0.29, 0.717) is 24.4 Å². The van der Waals surface area contributed by atoms with Gasteiger partial charge in [-0.1, -0.05) is 44.2 Å². The van der Waals surface area contributed by atoms with E-state index >= 15 is 0 Å². The lowest BCUT2D eigenvalue weighted by atomic mass is 10.1. The number of nitrogens with one attached hydrogen (secondary N) is 1. The van der Waals surface area contributed by atoms with E-state index < -0.39 is 5.92 Å². The van der Waals surface area contributed by atoms with Gasteiger partial charge < -0.3 is 15.0 Å². The van der Waals surface area contributed by atoms with Crippen LogP contribution in [0.15, 0.2) is 54.6 Å². The van der Waals surface area contributed by atoms with Crippen molar-refractivity contribution in [2.75, 3.05) is 18.5 Å². The number of anilines is 1. The molecule has 2 aromatic rings. The number of amides is 2. The molecule has 0 unspecified atom stereocenters. The second kappa shape index (κ2) is 9.57. The summed E-state index contributed by atoms with van der Waals surface area (Å²) in [6, 6.07) is 16.3. The van der Waals surface area contributed by atoms with Gasteiger partial charge in [0.15, 0.2) is 0 Å². The highest BCUT2D eigenvalue weighted by Gasteiger charge is 2.37. The predicted octanol–water partition coefficient (Wildman–Crippen LogP) is 4.05. The van der Waals surface area contributed by atoms with Gasteiger partial charge in [-0.2, -0.15) is 0 Å². The lowest BCUT2D eigenvalue weighted by Crippen LogP contribution is -2.30. The van der Waals surface area contributed by atoms with Crippen molar-refractivity contribution in [2.24, 2.45) is 11.8 Å². The van der Waals surface area contributed by atoms with Crippen LogP contribution < -0.4 is 5.32 Å². The molecule has 0 spiro atoms. The van der Waals surface area contributed by atoms with E-state index in [1.54, 1.807) is 29.2 Å². The Kier molecular flexibility index (Phi) is 6.87. The largest absolute Gasteiger partial charge is 0.462 e. The van der Waals surface area contributed by atoms with Gasteiger partial charge in [-0.25, -0.2) is 4.79 Å². The number of rotatable bonds is 7. The average molecular weight is 408 g/mol. The van der Waals surface area contributed by atoms with Gasteiger partial charge in [0.2, 0.25) is 11.8 Å². The maximum atomic E-state index is 12.7. The SMILES string of the molecule is CC(C)COC(=O)c1ccc(NC(=O)[C@H]2CC(=O)N([C@H](C)c3ccccc3)C2)cc1. The van der Waals surface area contributed by atoms with E-state index in [9.17, 15) is 14.4 Å². The number of hydrogen-bond acceptors (Lipinski definition) is 4. The van der Waals surface area contributed by atoms with Gasteiger partial charge in [-0.3, -0.25) is 9.59 Å². The van der Waals surface area contributed by atoms with Crippen molar-refractivity contribution in [1.29, 1.82) is 0 Å². The second-order valence-corrected chi connectivity index (χ2v) is 8.09. The summed E-state index contributed by atoms with van der Waals surface area (Å²) in [5.41, 5.74) is 2.07. The molecule has 0 aromatic heterocycles. The summed E-state index contributed by atoms with van der Waals surface area (Å²) in [7, 11) is 0. The van der Waals surface area contributed by atoms with Crippen molar-refractivity contribution in [3.63, 3.8) is 0 Å². The Morgan fingerprint density at radius 3 is 2.37 bits per heavy atom. The third kappa shape index (κ3) is 5.26. The molecule has 0 saturated carbocycles. The summed E-state index contributed by atoms with van der Waals surface area (Å²) in [5, 5.41) is 2.85. The zero-order valence-corrected chi connectivity index (χ0v) is 17.6. The maximum absolute atomic E-state index is 12.7. The van der Waals surface area contributed by atoms with Gasteiger partial charge in [0.05, 0.1) is 24.1 Å². The molecular weight excluding hydrogens is 380 g/mol. The zero-order valence-electron chi connectivity index (χ0n) is 17.6. The van der Waals surface area contributed by atoms with Gasteiger partial charge >= 0.3 is 5.97 Å². The summed E-state index contributed by atoms with van der Waals surface area (Å²) in [4.78, 5) is 38.9. The molecule has 2 atom stereocenters. The highest BCUT2D eigenvalue weighted by Crippen LogP contribution is 2.29. The standard InChI is InChI=1S/C24H28N2O4/c1-16(2)15-30-24(29)19-9-11-21(12-10-19)25-23(28)20-13-22(27)26(14-20)17(3)18-7-5-4-6-8-18/h4-12,16-17,20H,13-15H2,1-3H3,(H,25,28)/t17-,20+/m1/s1. The number of likely N-dealkylation sites (tertiary alicyclic amines) is 1. The first-order chi connectivity index (χ1) is 14.3. The van der Waals surface area contributed by atoms with Crippen molar-refractivity contribution < 1.29 is 19.1 Å². The molecule has 3 rings (SSSR count). The third-order valence-corrected chi connectivity index (χ3v) is 5.21. The predicted molar refractivity (Wildman–Crippen MR) is 115 cm³/mol. The van der Waals surface area contributed by atoms with Crippen LogP contribution in [-0.2, 0) is 14.3 Å². The molecule has 1 saturated heterocycles. The van der Waals surface area contributed by atoms with E-state index in [1.165, 1.54) is 0 Å². The lowest BCUT2D eigenvalue weighted by molar-refractivity contribution is -0.129. The molecule has 1 fully saturated rings. The van der Waals surface area contributed by atoms with Gasteiger partial charge in [-0.05, 0) is 42.7 Å². The molecule has 158 valence electrons. The van der Waals surface area contributed by atoms with Gasteiger partial charge in [-0.15, -0.1) is 0 Å². The van der Waals surface area contributed by atoms with Gasteiger partial charge in [0.25, 0.3) is 0 Å². The van der Waals surface area contributed by atoms with Crippen molar-refractivity contribution in [1.82, 2.24) is 4.90 Å². The number of carbonyl (C=O) groups excluding carboxylic acids is 3. The Hall–Kier alpha value is -3.15. The van der Waals surface area contributed by atoms with Crippen LogP contribution >= 0.6 is 0 Å². The molecule has 2 amide bonds. The molecule has 0 radical (unpaired) electrons. The first-order valence-corrected chi connectivity index (χ1v) is 10.3. The van der Waals surface area contributed by atoms with E-state index in [-0.39, 0.29) is 36.2 Å². The number of hydrogen-bond donors (Lipinski definition) is 1. The topological polar surface area (TPSA) is 75.7 Å². The minimum absolute atomic E-state index is 0.0188. The summed E-state index contributed by atoms with van der Waals surface area (Å²) < 4.78 is 5.20. The molecular formula is C24H28N2O4. The Morgan fingerprint density at radius 1 is 1.07 bits per heavy atom. The Balaban J connectivity index is 1.57. The second-order valence-electron chi connectivity index (χ2n) is 8.09. The molecule has 1 aliphatic rings. The monoisotopic (exact) mass is 408 g/mol. The van der Waals surface area contributed by atoms with Crippen molar-refractivity contribution in [2.45, 2.75) is 33.2 Å². The van der Waals surface area contributed by atoms with E-state index in [4.69, 9.17) is 4.74 Å². The fourth-order valence-corrected chi connectivity index (χ4v) is 3.45. The number of carbonyl (C=O) groups is 3. The fourth-order valence-electron chi connectivity index (χ4n) is 3.45. The summed E-state index contributed by atoms with van der Waals surface area (Å²) in [6.45, 7) is 6.68. The fraction of sp³-hybridized carbons (Fsp3) is 0.375. The maximum Gasteiger partial charge on any atom is 0.338 e. The van der Waals surface area contributed by atoms with Crippen LogP contribution in [0.5, 0.6) is 0 Å². The molecule has 1 N–H and O–H groups in total. The molecule has 1 heterocycles. The smallest absolute Gasteiger partial charge is 0.338 e. The Bertz CT molecular complexity index is 893. The molecule has 0 bridgehead atoms. The van der Waals surface area contributed by atoms with Crippen LogP contribution in [0.2, 0.25) is 0 Å². The Labute approximate surface area is 177 Å². The van der Waals surface area contributed by atoms with Crippen molar-refractivity contribution >= 4 is 23.5 Å². The highest BCUT2D eigenvalue weighted by molar-refractivity contribution is 5.98. The number of benzene rings is 2. The van der Waals surface area contributed by atoms with E-state index in [1.807, 2.05) is 51.1 Å². The molecule has 30 heavy (non-hydrogen) atoms. The van der Waals surface area contributed by atoms with Gasteiger partial charge in [0, 0.05) is 18.7 Å². The first kappa shape index (κ1) is 21.6. The first-order valence-electron chi connectivity index (χ1n) is 10.3. The molecule has 2 aromatic carbocycles. The van der Waals surface area contributed by atoms with Crippen LogP contribution in [0.1, 0.15) is 49.2 Å². The molecule has 6 heteroatoms. The quantitative estimate of drug-likeness (QED) is 0.702. The highest BCUT2D eigenvalue weighted by atomic mass is 16.5. The number of esters is 1. The summed E-state index contributed by atoms with van der Waals surface area (Å²) in [5.74, 6) is -0.727. The van der Waals surface area contributed by atoms with Crippen LogP contribution in [-0.4, -0.2) is 35.8 Å². The van der Waals surface area contributed by atoms with Crippen molar-refractivity contribution in [3.8, 4) is 0 Å². The lowest BCUT2D eigenvalue weighted by Gasteiger charge is -2.25. The molecule has 1 aliphatic heterocycles. The molecule has 0 aliphatic carbocycles. The Morgan fingerprint density at radius 2 is 1.73 bits per heavy atom. The number of ether oxygens (including phenoxy) is 1. The number of nitrogens with zero attached hydrogens (tertiary/aromatic N) is 1. The van der Waals surface area contributed by atoms with Crippen LogP contribution in [0.3, 0.4) is 0 Å². The zero-order chi connectivity index (χ0) is 21.7. The van der Waals surface area contributed by atoms with E-state index in [2.05, 4.69) is 5.32 Å². The third-order valence-electron chi connectivity index (χ3n) is 5.21.